The van der Waals surface area contributed by atoms with Crippen molar-refractivity contribution in [3.05, 3.63) is 28.2 Å². The fourth-order valence-electron chi connectivity index (χ4n) is 2.45. The SMILES string of the molecule is COC(=O)c1cc(B2OC(C)(C)C(C)(C)O2)cn(CCS(C)(=O)=O)c1=O. The standard InChI is InChI=1S/C16H24BNO7S/c1-15(2)16(3,4)25-17(24-15)11-9-12(14(20)23-5)13(19)18(10-11)7-8-26(6,21)22/h9-10H,7-8H2,1-6H3. The summed E-state index contributed by atoms with van der Waals surface area (Å²) in [4.78, 5) is 24.5. The van der Waals surface area contributed by atoms with Crippen LogP contribution in [0.25, 0.3) is 0 Å². The Morgan fingerprint density at radius 3 is 2.23 bits per heavy atom. The van der Waals surface area contributed by atoms with Crippen LogP contribution in [0, 0.1) is 0 Å². The van der Waals surface area contributed by atoms with E-state index in [9.17, 15) is 18.0 Å². The van der Waals surface area contributed by atoms with Gasteiger partial charge in [0.2, 0.25) is 0 Å². The molecule has 26 heavy (non-hydrogen) atoms. The summed E-state index contributed by atoms with van der Waals surface area (Å²) in [7, 11) is -2.91. The van der Waals surface area contributed by atoms with Crippen molar-refractivity contribution in [2.75, 3.05) is 19.1 Å². The van der Waals surface area contributed by atoms with Crippen molar-refractivity contribution in [3.63, 3.8) is 0 Å². The summed E-state index contributed by atoms with van der Waals surface area (Å²) in [5.41, 5.74) is -1.58. The van der Waals surface area contributed by atoms with Crippen LogP contribution in [-0.2, 0) is 30.4 Å². The molecule has 2 rings (SSSR count). The quantitative estimate of drug-likeness (QED) is 0.519. The maximum absolute atomic E-state index is 12.5. The van der Waals surface area contributed by atoms with Crippen LogP contribution in [0.3, 0.4) is 0 Å². The summed E-state index contributed by atoms with van der Waals surface area (Å²) in [6, 6.07) is 1.37. The second-order valence-electron chi connectivity index (χ2n) is 7.40. The van der Waals surface area contributed by atoms with Crippen molar-refractivity contribution in [2.24, 2.45) is 0 Å². The Morgan fingerprint density at radius 2 is 1.77 bits per heavy atom. The van der Waals surface area contributed by atoms with E-state index in [4.69, 9.17) is 9.31 Å². The van der Waals surface area contributed by atoms with Gasteiger partial charge in [0.15, 0.2) is 0 Å². The number of carbonyl (C=O) groups is 1. The molecule has 0 bridgehead atoms. The van der Waals surface area contributed by atoms with E-state index in [1.54, 1.807) is 0 Å². The molecule has 1 aromatic heterocycles. The molecule has 0 amide bonds. The fraction of sp³-hybridized carbons (Fsp3) is 0.625. The average molecular weight is 385 g/mol. The van der Waals surface area contributed by atoms with Gasteiger partial charge in [-0.25, -0.2) is 13.2 Å². The van der Waals surface area contributed by atoms with E-state index in [0.29, 0.717) is 5.46 Å². The van der Waals surface area contributed by atoms with Crippen molar-refractivity contribution in [1.82, 2.24) is 4.57 Å². The van der Waals surface area contributed by atoms with E-state index >= 15 is 0 Å². The Balaban J connectivity index is 2.50. The Labute approximate surface area is 153 Å². The molecule has 0 aromatic carbocycles. The van der Waals surface area contributed by atoms with Gasteiger partial charge < -0.3 is 18.6 Å². The first kappa shape index (κ1) is 20.7. The highest BCUT2D eigenvalue weighted by Gasteiger charge is 2.52. The third-order valence-corrected chi connectivity index (χ3v) is 5.67. The number of hydrogen-bond acceptors (Lipinski definition) is 7. The maximum atomic E-state index is 12.5. The molecule has 2 heterocycles. The predicted molar refractivity (Wildman–Crippen MR) is 97.5 cm³/mol. The first-order valence-corrected chi connectivity index (χ1v) is 10.2. The van der Waals surface area contributed by atoms with Gasteiger partial charge in [-0.2, -0.15) is 0 Å². The Hall–Kier alpha value is -1.65. The van der Waals surface area contributed by atoms with Gasteiger partial charge in [-0.15, -0.1) is 0 Å². The molecule has 8 nitrogen and oxygen atoms in total. The summed E-state index contributed by atoms with van der Waals surface area (Å²) in [5.74, 6) is -1.04. The molecular formula is C16H24BNO7S. The van der Waals surface area contributed by atoms with Gasteiger partial charge in [0, 0.05) is 19.0 Å². The molecular weight excluding hydrogens is 361 g/mol. The second kappa shape index (κ2) is 6.82. The number of sulfone groups is 1. The van der Waals surface area contributed by atoms with Gasteiger partial charge in [-0.1, -0.05) is 0 Å². The lowest BCUT2D eigenvalue weighted by molar-refractivity contribution is 0.00578. The number of ether oxygens (including phenoxy) is 1. The summed E-state index contributed by atoms with van der Waals surface area (Å²) >= 11 is 0. The first-order chi connectivity index (χ1) is 11.8. The van der Waals surface area contributed by atoms with Gasteiger partial charge >= 0.3 is 13.1 Å². The van der Waals surface area contributed by atoms with E-state index in [1.807, 2.05) is 27.7 Å². The average Bonchev–Trinajstić information content (AvgIpc) is 2.72. The summed E-state index contributed by atoms with van der Waals surface area (Å²) in [6.45, 7) is 7.44. The highest BCUT2D eigenvalue weighted by atomic mass is 32.2. The van der Waals surface area contributed by atoms with Crippen molar-refractivity contribution in [3.8, 4) is 0 Å². The first-order valence-electron chi connectivity index (χ1n) is 8.13. The number of rotatable bonds is 5. The summed E-state index contributed by atoms with van der Waals surface area (Å²) in [6.07, 6.45) is 2.54. The number of esters is 1. The Morgan fingerprint density at radius 1 is 1.23 bits per heavy atom. The van der Waals surface area contributed by atoms with E-state index in [1.165, 1.54) is 23.9 Å². The highest BCUT2D eigenvalue weighted by Crippen LogP contribution is 2.36. The lowest BCUT2D eigenvalue weighted by Gasteiger charge is -2.32. The molecule has 0 aliphatic carbocycles. The van der Waals surface area contributed by atoms with Gasteiger partial charge in [-0.05, 0) is 39.2 Å². The highest BCUT2D eigenvalue weighted by molar-refractivity contribution is 7.90. The largest absolute Gasteiger partial charge is 0.496 e. The number of aryl methyl sites for hydroxylation is 1. The maximum Gasteiger partial charge on any atom is 0.496 e. The molecule has 0 atom stereocenters. The van der Waals surface area contributed by atoms with Crippen LogP contribution in [0.2, 0.25) is 0 Å². The zero-order valence-corrected chi connectivity index (χ0v) is 16.7. The minimum Gasteiger partial charge on any atom is -0.465 e. The predicted octanol–water partition coefficient (Wildman–Crippen LogP) is -0.0213. The van der Waals surface area contributed by atoms with E-state index in [2.05, 4.69) is 4.74 Å². The molecule has 1 fully saturated rings. The summed E-state index contributed by atoms with van der Waals surface area (Å²) in [5, 5.41) is 0. The van der Waals surface area contributed by atoms with Crippen molar-refractivity contribution < 1.29 is 27.3 Å². The van der Waals surface area contributed by atoms with Crippen LogP contribution in [-0.4, -0.2) is 56.4 Å². The molecule has 0 saturated carbocycles. The number of pyridine rings is 1. The molecule has 0 spiro atoms. The minimum absolute atomic E-state index is 0.0883. The number of methoxy groups -OCH3 is 1. The minimum atomic E-state index is -3.29. The van der Waals surface area contributed by atoms with Crippen molar-refractivity contribution in [2.45, 2.75) is 45.4 Å². The molecule has 1 aliphatic heterocycles. The van der Waals surface area contributed by atoms with Crippen LogP contribution in [0.15, 0.2) is 17.1 Å². The van der Waals surface area contributed by atoms with Gasteiger partial charge in [0.1, 0.15) is 15.4 Å². The number of aromatic nitrogens is 1. The van der Waals surface area contributed by atoms with E-state index in [-0.39, 0.29) is 17.9 Å². The van der Waals surface area contributed by atoms with Crippen molar-refractivity contribution in [1.29, 1.82) is 0 Å². The monoisotopic (exact) mass is 385 g/mol. The van der Waals surface area contributed by atoms with Crippen molar-refractivity contribution >= 4 is 28.4 Å². The van der Waals surface area contributed by atoms with Gasteiger partial charge in [0.25, 0.3) is 5.56 Å². The third-order valence-electron chi connectivity index (χ3n) is 4.74. The molecule has 1 aromatic rings. The van der Waals surface area contributed by atoms with E-state index < -0.39 is 39.7 Å². The molecule has 144 valence electrons. The zero-order chi connectivity index (χ0) is 19.9. The number of nitrogens with zero attached hydrogens (tertiary/aromatic N) is 1. The molecule has 1 aliphatic rings. The smallest absolute Gasteiger partial charge is 0.465 e. The molecule has 1 saturated heterocycles. The van der Waals surface area contributed by atoms with Crippen LogP contribution in [0.4, 0.5) is 0 Å². The molecule has 0 N–H and O–H groups in total. The molecule has 0 unspecified atom stereocenters. The third kappa shape index (κ3) is 4.19. The van der Waals surface area contributed by atoms with Crippen LogP contribution < -0.4 is 11.0 Å². The van der Waals surface area contributed by atoms with Crippen LogP contribution in [0.1, 0.15) is 38.1 Å². The number of carbonyl (C=O) groups excluding carboxylic acids is 1. The zero-order valence-electron chi connectivity index (χ0n) is 15.9. The topological polar surface area (TPSA) is 101 Å². The molecule has 0 radical (unpaired) electrons. The van der Waals surface area contributed by atoms with Gasteiger partial charge in [0.05, 0.1) is 24.1 Å². The normalized spacial score (nSPS) is 18.8. The second-order valence-corrected chi connectivity index (χ2v) is 9.66. The number of hydrogen-bond donors (Lipinski definition) is 0. The fourth-order valence-corrected chi connectivity index (χ4v) is 2.98. The summed E-state index contributed by atoms with van der Waals surface area (Å²) < 4.78 is 40.6. The lowest BCUT2D eigenvalue weighted by Crippen LogP contribution is -2.41. The lowest BCUT2D eigenvalue weighted by atomic mass is 9.79. The Kier molecular flexibility index (Phi) is 5.42. The van der Waals surface area contributed by atoms with Crippen LogP contribution >= 0.6 is 0 Å². The van der Waals surface area contributed by atoms with Gasteiger partial charge in [-0.3, -0.25) is 4.79 Å². The van der Waals surface area contributed by atoms with Crippen LogP contribution in [0.5, 0.6) is 0 Å². The molecule has 10 heteroatoms. The van der Waals surface area contributed by atoms with E-state index in [0.717, 1.165) is 6.26 Å². The Bertz CT molecular complexity index is 857.